The van der Waals surface area contributed by atoms with Gasteiger partial charge in [-0.15, -0.1) is 0 Å². The van der Waals surface area contributed by atoms with Crippen LogP contribution in [-0.2, 0) is 18.3 Å². The maximum absolute atomic E-state index is 17.2. The number of aromatic nitrogens is 5. The summed E-state index contributed by atoms with van der Waals surface area (Å²) in [5.74, 6) is -6.44. The summed E-state index contributed by atoms with van der Waals surface area (Å²) in [4.78, 5) is 45.9. The SMILES string of the molecule is CCc1c(F)ccc2cc(O)cc(-c3ncc4c(N5CCC[C@@](C)(O)C5)nc(OCC5(CN6CCC7(CC6)CC(N6CCC(c8cc9c(cc8F)c(N8CCC(=O)NC8=O)nn9C)C(F)(F)C6)C7)CC5)nc4c3F)c12. The largest absolute Gasteiger partial charge is 0.508 e. The molecule has 3 amide bonds. The summed E-state index contributed by atoms with van der Waals surface area (Å²) in [6, 6.07) is 7.79. The molecule has 4 saturated heterocycles. The van der Waals surface area contributed by atoms with E-state index in [1.165, 1.54) is 46.1 Å². The highest BCUT2D eigenvalue weighted by Gasteiger charge is 2.54. The van der Waals surface area contributed by atoms with Crippen molar-refractivity contribution >= 4 is 56.2 Å². The number of likely N-dealkylation sites (tertiary alicyclic amines) is 2. The minimum absolute atomic E-state index is 0.00239. The number of imide groups is 1. The predicted octanol–water partition coefficient (Wildman–Crippen LogP) is 8.74. The van der Waals surface area contributed by atoms with Crippen LogP contribution in [-0.4, -0.2) is 133 Å². The Balaban J connectivity index is 0.701. The topological polar surface area (TPSA) is 165 Å². The van der Waals surface area contributed by atoms with Crippen LogP contribution in [0.25, 0.3) is 43.8 Å². The standard InChI is InChI=1S/C55H61F5N10O5/c1-4-34-40(56)7-6-31-20-33(71)21-37(44(31)34)46-45(58)47-38(26-61-46)48(69-15-5-10-52(2,74)27-69)64-50(63-47)75-30-54(11-12-54)28-67-18-13-53(14-19-67)24-32(25-53)68-16-8-39(55(59,60)29-68)35-23-42-36(22-41(35)57)49(65-66(42)3)70-17-9-43(72)62-51(70)73/h6-7,20-23,26,32,39,71,74H,4-5,8-19,24-25,27-30H2,1-3H3,(H,62,72,73)/t39?,52-/m1/s1. The number of β-amino-alcohol motifs (C(OH)–C–C–N with tert-alkyl or cyclic N) is 1. The second-order valence-corrected chi connectivity index (χ2v) is 22.8. The van der Waals surface area contributed by atoms with E-state index in [4.69, 9.17) is 9.72 Å². The Kier molecular flexibility index (Phi) is 12.0. The highest BCUT2D eigenvalue weighted by atomic mass is 19.3. The zero-order chi connectivity index (χ0) is 52.3. The number of aryl methyl sites for hydroxylation is 2. The van der Waals surface area contributed by atoms with Gasteiger partial charge in [-0.1, -0.05) is 13.0 Å². The molecule has 6 aliphatic rings. The molecule has 1 spiro atoms. The summed E-state index contributed by atoms with van der Waals surface area (Å²) in [7, 11) is 1.62. The molecular formula is C55H61F5N10O5. The number of amides is 3. The number of nitrogens with zero attached hydrogens (tertiary/aromatic N) is 9. The van der Waals surface area contributed by atoms with Crippen molar-refractivity contribution in [1.29, 1.82) is 0 Å². The zero-order valence-corrected chi connectivity index (χ0v) is 42.4. The molecule has 3 aromatic carbocycles. The van der Waals surface area contributed by atoms with Crippen molar-refractivity contribution in [1.82, 2.24) is 39.8 Å². The third kappa shape index (κ3) is 8.96. The first-order chi connectivity index (χ1) is 35.8. The molecule has 3 N–H and O–H groups in total. The molecule has 2 atom stereocenters. The summed E-state index contributed by atoms with van der Waals surface area (Å²) < 4.78 is 88.6. The minimum Gasteiger partial charge on any atom is -0.508 e. The Bertz CT molecular complexity index is 3300. The number of pyridine rings is 1. The number of piperidine rings is 3. The number of fused-ring (bicyclic) bond motifs is 3. The normalized spacial score (nSPS) is 24.1. The van der Waals surface area contributed by atoms with Gasteiger partial charge in [0, 0.05) is 68.3 Å². The average molecular weight is 1040 g/mol. The van der Waals surface area contributed by atoms with Crippen LogP contribution in [0.3, 0.4) is 0 Å². The number of urea groups is 1. The lowest BCUT2D eigenvalue weighted by molar-refractivity contribution is -0.126. The van der Waals surface area contributed by atoms with Gasteiger partial charge in [0.1, 0.15) is 34.4 Å². The molecule has 0 bridgehead atoms. The molecule has 2 aliphatic carbocycles. The van der Waals surface area contributed by atoms with E-state index in [2.05, 4.69) is 25.3 Å². The van der Waals surface area contributed by atoms with Crippen molar-refractivity contribution in [3.63, 3.8) is 0 Å². The molecule has 6 aromatic rings. The Morgan fingerprint density at radius 2 is 1.68 bits per heavy atom. The van der Waals surface area contributed by atoms with E-state index in [0.717, 1.165) is 58.2 Å². The molecule has 4 aliphatic heterocycles. The lowest BCUT2D eigenvalue weighted by Crippen LogP contribution is -2.59. The number of carbonyl (C=O) groups excluding carboxylic acids is 2. The molecule has 12 rings (SSSR count). The summed E-state index contributed by atoms with van der Waals surface area (Å²) >= 11 is 0. The van der Waals surface area contributed by atoms with Crippen LogP contribution in [0.2, 0.25) is 0 Å². The number of halogens is 5. The lowest BCUT2D eigenvalue weighted by atomic mass is 9.59. The fourth-order valence-electron chi connectivity index (χ4n) is 13.1. The van der Waals surface area contributed by atoms with Crippen LogP contribution in [0, 0.1) is 28.3 Å². The number of hydrogen-bond acceptors (Lipinski definition) is 12. The maximum atomic E-state index is 17.2. The van der Waals surface area contributed by atoms with Crippen molar-refractivity contribution in [3.8, 4) is 23.0 Å². The number of anilines is 2. The summed E-state index contributed by atoms with van der Waals surface area (Å²) in [5.41, 5.74) is -0.238. The van der Waals surface area contributed by atoms with Gasteiger partial charge < -0.3 is 24.7 Å². The number of aliphatic hydroxyl groups is 1. The third-order valence-electron chi connectivity index (χ3n) is 17.4. The molecule has 6 fully saturated rings. The van der Waals surface area contributed by atoms with E-state index in [0.29, 0.717) is 77.4 Å². The number of benzene rings is 3. The number of ether oxygens (including phenoxy) is 1. The van der Waals surface area contributed by atoms with Crippen LogP contribution < -0.4 is 19.9 Å². The predicted molar refractivity (Wildman–Crippen MR) is 272 cm³/mol. The molecule has 15 nitrogen and oxygen atoms in total. The molecule has 7 heterocycles. The number of nitrogens with one attached hydrogen (secondary N) is 1. The highest BCUT2D eigenvalue weighted by Crippen LogP contribution is 2.55. The Labute approximate surface area is 430 Å². The van der Waals surface area contributed by atoms with Crippen LogP contribution in [0.5, 0.6) is 11.8 Å². The fraction of sp³-hybridized carbons (Fsp3) is 0.527. The Hall–Kier alpha value is -6.25. The Morgan fingerprint density at radius 1 is 0.893 bits per heavy atom. The van der Waals surface area contributed by atoms with E-state index >= 15 is 22.0 Å². The minimum atomic E-state index is -3.18. The third-order valence-corrected chi connectivity index (χ3v) is 17.4. The molecule has 1 unspecified atom stereocenters. The number of alkyl halides is 2. The molecule has 396 valence electrons. The van der Waals surface area contributed by atoms with E-state index in [1.807, 2.05) is 16.7 Å². The van der Waals surface area contributed by atoms with Crippen LogP contribution in [0.4, 0.5) is 38.4 Å². The van der Waals surface area contributed by atoms with Gasteiger partial charge in [-0.05, 0) is 148 Å². The van der Waals surface area contributed by atoms with E-state index in [1.54, 1.807) is 20.0 Å². The van der Waals surface area contributed by atoms with Crippen molar-refractivity contribution in [2.24, 2.45) is 17.9 Å². The van der Waals surface area contributed by atoms with Gasteiger partial charge in [-0.2, -0.15) is 15.1 Å². The van der Waals surface area contributed by atoms with Crippen LogP contribution in [0.15, 0.2) is 42.6 Å². The highest BCUT2D eigenvalue weighted by molar-refractivity contribution is 6.09. The van der Waals surface area contributed by atoms with Gasteiger partial charge >= 0.3 is 12.0 Å². The average Bonchev–Trinajstić information content (AvgIpc) is 4.08. The molecular weight excluding hydrogens is 976 g/mol. The zero-order valence-electron chi connectivity index (χ0n) is 42.4. The van der Waals surface area contributed by atoms with Crippen molar-refractivity contribution in [3.05, 3.63) is 71.2 Å². The van der Waals surface area contributed by atoms with Gasteiger partial charge in [0.15, 0.2) is 11.6 Å². The molecule has 0 radical (unpaired) electrons. The monoisotopic (exact) mass is 1040 g/mol. The summed E-state index contributed by atoms with van der Waals surface area (Å²) in [6.45, 7) is 7.28. The fourth-order valence-corrected chi connectivity index (χ4v) is 13.1. The van der Waals surface area contributed by atoms with Crippen LogP contribution >= 0.6 is 0 Å². The van der Waals surface area contributed by atoms with Crippen molar-refractivity contribution in [2.45, 2.75) is 108 Å². The van der Waals surface area contributed by atoms with Gasteiger partial charge in [0.25, 0.3) is 5.92 Å². The van der Waals surface area contributed by atoms with Gasteiger partial charge in [0.05, 0.1) is 35.6 Å². The lowest BCUT2D eigenvalue weighted by Gasteiger charge is -2.57. The first kappa shape index (κ1) is 49.6. The number of rotatable bonds is 11. The van der Waals surface area contributed by atoms with Crippen molar-refractivity contribution in [2.75, 3.05) is 68.8 Å². The maximum Gasteiger partial charge on any atom is 0.329 e. The molecule has 75 heavy (non-hydrogen) atoms. The second kappa shape index (κ2) is 18.2. The summed E-state index contributed by atoms with van der Waals surface area (Å²) in [5, 5.41) is 30.2. The van der Waals surface area contributed by atoms with Gasteiger partial charge in [0.2, 0.25) is 5.91 Å². The van der Waals surface area contributed by atoms with E-state index in [-0.39, 0.29) is 82.7 Å². The number of carbonyl (C=O) groups is 2. The molecule has 3 aromatic heterocycles. The smallest absolute Gasteiger partial charge is 0.329 e. The van der Waals surface area contributed by atoms with Crippen LogP contribution in [0.1, 0.15) is 95.1 Å². The molecule has 2 saturated carbocycles. The van der Waals surface area contributed by atoms with Gasteiger partial charge in [-0.3, -0.25) is 29.6 Å². The number of phenolic OH excluding ortho intramolecular Hbond substituents is 1. The summed E-state index contributed by atoms with van der Waals surface area (Å²) in [6.07, 6.45) is 8.72. The van der Waals surface area contributed by atoms with Crippen molar-refractivity contribution < 1.29 is 46.5 Å². The Morgan fingerprint density at radius 3 is 2.40 bits per heavy atom. The first-order valence-corrected chi connectivity index (χ1v) is 26.3. The first-order valence-electron chi connectivity index (χ1n) is 26.3. The quantitative estimate of drug-likeness (QED) is 0.106. The molecule has 20 heteroatoms. The number of hydrogen-bond donors (Lipinski definition) is 3. The van der Waals surface area contributed by atoms with Gasteiger partial charge in [-0.25, -0.2) is 26.7 Å². The van der Waals surface area contributed by atoms with E-state index < -0.39 is 53.4 Å². The number of phenols is 1. The van der Waals surface area contributed by atoms with E-state index in [9.17, 15) is 19.8 Å². The number of aromatic hydroxyl groups is 1. The second-order valence-electron chi connectivity index (χ2n) is 22.8.